The molecular weight excluding hydrogens is 256 g/mol. The normalized spacial score (nSPS) is 12.4. The Balaban J connectivity index is 2.32. The lowest BCUT2D eigenvalue weighted by atomic mass is 10.0. The fraction of sp³-hybridized carbons (Fsp3) is 0.400. The van der Waals surface area contributed by atoms with Crippen molar-refractivity contribution in [1.29, 1.82) is 0 Å². The molecule has 0 saturated heterocycles. The number of thiophene rings is 1. The van der Waals surface area contributed by atoms with Crippen molar-refractivity contribution in [2.75, 3.05) is 13.7 Å². The Hall–Kier alpha value is -1.39. The van der Waals surface area contributed by atoms with Crippen LogP contribution in [0.1, 0.15) is 35.4 Å². The van der Waals surface area contributed by atoms with E-state index in [0.29, 0.717) is 0 Å². The molecule has 1 atom stereocenters. The van der Waals surface area contributed by atoms with Gasteiger partial charge in [0.1, 0.15) is 5.75 Å². The van der Waals surface area contributed by atoms with Crippen LogP contribution >= 0.6 is 11.3 Å². The molecule has 3 nitrogen and oxygen atoms in total. The lowest BCUT2D eigenvalue weighted by Gasteiger charge is -2.19. The molecule has 0 aromatic carbocycles. The van der Waals surface area contributed by atoms with Gasteiger partial charge in [0.15, 0.2) is 0 Å². The molecule has 0 aliphatic heterocycles. The average molecular weight is 276 g/mol. The first kappa shape index (κ1) is 14.0. The Labute approximate surface area is 118 Å². The average Bonchev–Trinajstić information content (AvgIpc) is 2.90. The van der Waals surface area contributed by atoms with E-state index in [1.807, 2.05) is 17.8 Å². The Bertz CT molecular complexity index is 524. The molecule has 2 aromatic heterocycles. The van der Waals surface area contributed by atoms with Gasteiger partial charge in [-0.25, -0.2) is 0 Å². The number of rotatable bonds is 6. The maximum atomic E-state index is 5.28. The summed E-state index contributed by atoms with van der Waals surface area (Å²) in [7, 11) is 1.70. The molecule has 0 radical (unpaired) electrons. The first-order valence-corrected chi connectivity index (χ1v) is 7.40. The summed E-state index contributed by atoms with van der Waals surface area (Å²) in [5.74, 6) is 0.921. The summed E-state index contributed by atoms with van der Waals surface area (Å²) in [6.45, 7) is 5.29. The number of aromatic nitrogens is 1. The molecule has 1 N–H and O–H groups in total. The summed E-state index contributed by atoms with van der Waals surface area (Å²) in [5, 5.41) is 5.64. The second-order valence-corrected chi connectivity index (χ2v) is 5.45. The highest BCUT2D eigenvalue weighted by molar-refractivity contribution is 7.10. The maximum Gasteiger partial charge on any atom is 0.129 e. The first-order valence-electron chi connectivity index (χ1n) is 6.52. The van der Waals surface area contributed by atoms with Crippen molar-refractivity contribution in [3.05, 3.63) is 45.9 Å². The van der Waals surface area contributed by atoms with Gasteiger partial charge in [-0.3, -0.25) is 4.98 Å². The van der Waals surface area contributed by atoms with Crippen LogP contribution in [0.4, 0.5) is 0 Å². The molecule has 0 bridgehead atoms. The zero-order valence-electron chi connectivity index (χ0n) is 11.6. The highest BCUT2D eigenvalue weighted by Gasteiger charge is 2.17. The van der Waals surface area contributed by atoms with E-state index in [2.05, 4.69) is 36.3 Å². The molecule has 0 fully saturated rings. The smallest absolute Gasteiger partial charge is 0.129 e. The van der Waals surface area contributed by atoms with Crippen molar-refractivity contribution >= 4 is 11.3 Å². The summed E-state index contributed by atoms with van der Waals surface area (Å²) < 4.78 is 5.28. The van der Waals surface area contributed by atoms with Crippen LogP contribution in [-0.4, -0.2) is 18.6 Å². The Kier molecular flexibility index (Phi) is 4.93. The second-order valence-electron chi connectivity index (χ2n) is 4.51. The van der Waals surface area contributed by atoms with Crippen LogP contribution < -0.4 is 10.1 Å². The molecule has 2 heterocycles. The third-order valence-electron chi connectivity index (χ3n) is 3.10. The summed E-state index contributed by atoms with van der Waals surface area (Å²) in [4.78, 5) is 5.53. The minimum absolute atomic E-state index is 0.197. The molecule has 0 spiro atoms. The van der Waals surface area contributed by atoms with Crippen LogP contribution in [0.3, 0.4) is 0 Å². The number of nitrogens with one attached hydrogen (secondary N) is 1. The highest BCUT2D eigenvalue weighted by Crippen LogP contribution is 2.32. The number of pyridine rings is 1. The van der Waals surface area contributed by atoms with Crippen molar-refractivity contribution in [2.24, 2.45) is 0 Å². The topological polar surface area (TPSA) is 34.1 Å². The Morgan fingerprint density at radius 3 is 2.95 bits per heavy atom. The number of aryl methyl sites for hydroxylation is 1. The lowest BCUT2D eigenvalue weighted by Crippen LogP contribution is -2.23. The van der Waals surface area contributed by atoms with Crippen molar-refractivity contribution < 1.29 is 4.74 Å². The molecule has 1 unspecified atom stereocenters. The Morgan fingerprint density at radius 2 is 2.32 bits per heavy atom. The minimum atomic E-state index is 0.197. The van der Waals surface area contributed by atoms with E-state index >= 15 is 0 Å². The molecule has 0 aliphatic rings. The SMILES string of the molecule is CCCNC(c1cc(OC)cs1)c1cnccc1C. The van der Waals surface area contributed by atoms with Gasteiger partial charge in [0, 0.05) is 22.7 Å². The largest absolute Gasteiger partial charge is 0.496 e. The van der Waals surface area contributed by atoms with Crippen LogP contribution in [0.5, 0.6) is 5.75 Å². The Morgan fingerprint density at radius 1 is 1.47 bits per heavy atom. The predicted octanol–water partition coefficient (Wildman–Crippen LogP) is 3.55. The van der Waals surface area contributed by atoms with Gasteiger partial charge in [0.25, 0.3) is 0 Å². The highest BCUT2D eigenvalue weighted by atomic mass is 32.1. The van der Waals surface area contributed by atoms with Gasteiger partial charge in [0.2, 0.25) is 0 Å². The molecule has 0 amide bonds. The fourth-order valence-corrected chi connectivity index (χ4v) is 2.97. The zero-order chi connectivity index (χ0) is 13.7. The van der Waals surface area contributed by atoms with E-state index in [-0.39, 0.29) is 6.04 Å². The van der Waals surface area contributed by atoms with Gasteiger partial charge >= 0.3 is 0 Å². The molecule has 0 saturated carbocycles. The van der Waals surface area contributed by atoms with E-state index < -0.39 is 0 Å². The van der Waals surface area contributed by atoms with Crippen LogP contribution in [0, 0.1) is 6.92 Å². The van der Waals surface area contributed by atoms with Crippen molar-refractivity contribution in [3.63, 3.8) is 0 Å². The van der Waals surface area contributed by atoms with Gasteiger partial charge in [0.05, 0.1) is 13.2 Å². The monoisotopic (exact) mass is 276 g/mol. The summed E-state index contributed by atoms with van der Waals surface area (Å²) in [5.41, 5.74) is 2.50. The van der Waals surface area contributed by atoms with Crippen LogP contribution in [0.25, 0.3) is 0 Å². The molecule has 4 heteroatoms. The summed E-state index contributed by atoms with van der Waals surface area (Å²) in [6, 6.07) is 4.35. The summed E-state index contributed by atoms with van der Waals surface area (Å²) in [6.07, 6.45) is 4.90. The number of hydrogen-bond donors (Lipinski definition) is 1. The van der Waals surface area contributed by atoms with E-state index in [0.717, 1.165) is 18.7 Å². The fourth-order valence-electron chi connectivity index (χ4n) is 2.02. The molecular formula is C15H20N2OS. The van der Waals surface area contributed by atoms with Crippen molar-refractivity contribution in [2.45, 2.75) is 26.3 Å². The van der Waals surface area contributed by atoms with Gasteiger partial charge < -0.3 is 10.1 Å². The molecule has 2 rings (SSSR count). The van der Waals surface area contributed by atoms with Gasteiger partial charge in [-0.1, -0.05) is 6.92 Å². The van der Waals surface area contributed by atoms with Crippen molar-refractivity contribution in [1.82, 2.24) is 10.3 Å². The quantitative estimate of drug-likeness (QED) is 0.876. The minimum Gasteiger partial charge on any atom is -0.496 e. The molecule has 102 valence electrons. The summed E-state index contributed by atoms with van der Waals surface area (Å²) >= 11 is 1.72. The zero-order valence-corrected chi connectivity index (χ0v) is 12.5. The number of hydrogen-bond acceptors (Lipinski definition) is 4. The van der Waals surface area contributed by atoms with Gasteiger partial charge in [-0.05, 0) is 43.1 Å². The van der Waals surface area contributed by atoms with Gasteiger partial charge in [-0.2, -0.15) is 0 Å². The van der Waals surface area contributed by atoms with Crippen LogP contribution in [-0.2, 0) is 0 Å². The predicted molar refractivity (Wildman–Crippen MR) is 80.0 cm³/mol. The standard InChI is InChI=1S/C15H20N2OS/c1-4-6-17-15(13-9-16-7-5-11(13)2)14-8-12(18-3)10-19-14/h5,7-10,15,17H,4,6H2,1-3H3. The van der Waals surface area contributed by atoms with E-state index in [4.69, 9.17) is 4.74 Å². The molecule has 19 heavy (non-hydrogen) atoms. The number of ether oxygens (including phenoxy) is 1. The van der Waals surface area contributed by atoms with Crippen LogP contribution in [0.15, 0.2) is 29.9 Å². The van der Waals surface area contributed by atoms with Crippen LogP contribution in [0.2, 0.25) is 0 Å². The van der Waals surface area contributed by atoms with E-state index in [1.165, 1.54) is 16.0 Å². The van der Waals surface area contributed by atoms with Gasteiger partial charge in [-0.15, -0.1) is 11.3 Å². The van der Waals surface area contributed by atoms with E-state index in [1.54, 1.807) is 18.4 Å². The first-order chi connectivity index (χ1) is 9.26. The molecule has 2 aromatic rings. The van der Waals surface area contributed by atoms with Crippen molar-refractivity contribution in [3.8, 4) is 5.75 Å². The lowest BCUT2D eigenvalue weighted by molar-refractivity contribution is 0.416. The number of nitrogens with zero attached hydrogens (tertiary/aromatic N) is 1. The van der Waals surface area contributed by atoms with E-state index in [9.17, 15) is 0 Å². The third-order valence-corrected chi connectivity index (χ3v) is 4.08. The third kappa shape index (κ3) is 3.33. The number of methoxy groups -OCH3 is 1. The second kappa shape index (κ2) is 6.68. The maximum absolute atomic E-state index is 5.28. The molecule has 0 aliphatic carbocycles.